The Kier molecular flexibility index (Phi) is 7.96. The Balaban J connectivity index is 2.80. The van der Waals surface area contributed by atoms with Gasteiger partial charge in [0.05, 0.1) is 0 Å². The first-order valence-electron chi connectivity index (χ1n) is 4.54. The topological polar surface area (TPSA) is 29.1 Å². The van der Waals surface area contributed by atoms with Gasteiger partial charge in [0.25, 0.3) is 0 Å². The summed E-state index contributed by atoms with van der Waals surface area (Å²) in [7, 11) is 0. The summed E-state index contributed by atoms with van der Waals surface area (Å²) in [5, 5.41) is 10.4. The summed E-state index contributed by atoms with van der Waals surface area (Å²) in [5.41, 5.74) is 0. The van der Waals surface area contributed by atoms with Gasteiger partial charge in [0.2, 0.25) is 0 Å². The van der Waals surface area contributed by atoms with Crippen LogP contribution in [0.5, 0.6) is 0 Å². The number of hydrogen-bond donors (Lipinski definition) is 0. The van der Waals surface area contributed by atoms with Crippen molar-refractivity contribution >= 4 is 0 Å². The van der Waals surface area contributed by atoms with E-state index < -0.39 is 6.29 Å². The van der Waals surface area contributed by atoms with Gasteiger partial charge in [-0.25, -0.2) is 5.11 Å². The highest BCUT2D eigenvalue weighted by Crippen LogP contribution is 2.02. The second-order valence-corrected chi connectivity index (χ2v) is 2.85. The van der Waals surface area contributed by atoms with Crippen molar-refractivity contribution in [3.05, 3.63) is 0 Å². The molecule has 2 nitrogen and oxygen atoms in total. The highest BCUT2D eigenvalue weighted by atomic mass is 16.6. The fourth-order valence-electron chi connectivity index (χ4n) is 0.955. The summed E-state index contributed by atoms with van der Waals surface area (Å²) in [6.45, 7) is 4.36. The second-order valence-electron chi connectivity index (χ2n) is 2.85. The molecule has 0 aromatic carbocycles. The van der Waals surface area contributed by atoms with Gasteiger partial charge in [0, 0.05) is 6.61 Å². The molecular formula is C9H19O2. The first kappa shape index (κ1) is 10.9. The molecule has 1 atom stereocenters. The molecule has 0 N–H and O–H groups in total. The van der Waals surface area contributed by atoms with Crippen LogP contribution in [0.4, 0.5) is 0 Å². The van der Waals surface area contributed by atoms with E-state index in [-0.39, 0.29) is 0 Å². The van der Waals surface area contributed by atoms with Crippen molar-refractivity contribution in [2.75, 3.05) is 6.61 Å². The molecule has 0 aromatic rings. The van der Waals surface area contributed by atoms with Crippen molar-refractivity contribution in [1.29, 1.82) is 0 Å². The number of ether oxygens (including phenoxy) is 1. The lowest BCUT2D eigenvalue weighted by molar-refractivity contribution is -0.127. The minimum atomic E-state index is -0.846. The van der Waals surface area contributed by atoms with Gasteiger partial charge in [0.1, 0.15) is 0 Å². The Hall–Kier alpha value is -0.0800. The van der Waals surface area contributed by atoms with E-state index in [2.05, 4.69) is 6.92 Å². The van der Waals surface area contributed by atoms with Crippen LogP contribution in [-0.4, -0.2) is 12.9 Å². The number of hydrogen-bond acceptors (Lipinski definition) is 1. The van der Waals surface area contributed by atoms with E-state index in [9.17, 15) is 5.11 Å². The highest BCUT2D eigenvalue weighted by molar-refractivity contribution is 4.41. The summed E-state index contributed by atoms with van der Waals surface area (Å²) in [6, 6.07) is 0. The standard InChI is InChI=1S/C9H19O2/c1-3-4-5-6-7-8-11-9(2)10/h9H,3-8H2,1-2H3. The molecule has 0 heterocycles. The Bertz CT molecular complexity index is 72.0. The molecule has 0 aromatic heterocycles. The lowest BCUT2D eigenvalue weighted by Gasteiger charge is -2.03. The van der Waals surface area contributed by atoms with Crippen LogP contribution in [0.3, 0.4) is 0 Å². The second kappa shape index (κ2) is 8.02. The van der Waals surface area contributed by atoms with Gasteiger partial charge in [-0.15, -0.1) is 0 Å². The number of rotatable bonds is 7. The lowest BCUT2D eigenvalue weighted by Crippen LogP contribution is -2.05. The summed E-state index contributed by atoms with van der Waals surface area (Å²) in [5.74, 6) is 0. The van der Waals surface area contributed by atoms with Crippen LogP contribution in [0, 0.1) is 0 Å². The third-order valence-electron chi connectivity index (χ3n) is 1.60. The van der Waals surface area contributed by atoms with Crippen LogP contribution in [0.2, 0.25) is 0 Å². The molecule has 0 saturated heterocycles. The fraction of sp³-hybridized carbons (Fsp3) is 1.00. The van der Waals surface area contributed by atoms with Gasteiger partial charge in [0.15, 0.2) is 6.29 Å². The largest absolute Gasteiger partial charge is 0.350 e. The Labute approximate surface area is 69.6 Å². The molecule has 0 aliphatic heterocycles. The monoisotopic (exact) mass is 159 g/mol. The molecule has 1 unspecified atom stereocenters. The molecule has 1 radical (unpaired) electrons. The van der Waals surface area contributed by atoms with E-state index in [4.69, 9.17) is 4.74 Å². The van der Waals surface area contributed by atoms with Crippen LogP contribution in [0.1, 0.15) is 46.0 Å². The van der Waals surface area contributed by atoms with Crippen LogP contribution in [0.15, 0.2) is 0 Å². The van der Waals surface area contributed by atoms with E-state index in [1.807, 2.05) is 0 Å². The average molecular weight is 159 g/mol. The zero-order chi connectivity index (χ0) is 8.53. The fourth-order valence-corrected chi connectivity index (χ4v) is 0.955. The quantitative estimate of drug-likeness (QED) is 0.415. The van der Waals surface area contributed by atoms with Gasteiger partial charge in [-0.3, -0.25) is 0 Å². The van der Waals surface area contributed by atoms with Crippen LogP contribution < -0.4 is 0 Å². The first-order valence-corrected chi connectivity index (χ1v) is 4.54. The molecule has 0 aliphatic carbocycles. The van der Waals surface area contributed by atoms with E-state index >= 15 is 0 Å². The minimum Gasteiger partial charge on any atom is -0.350 e. The average Bonchev–Trinajstić information content (AvgIpc) is 1.96. The molecule has 0 spiro atoms. The Morgan fingerprint density at radius 1 is 1.18 bits per heavy atom. The Morgan fingerprint density at radius 3 is 2.36 bits per heavy atom. The zero-order valence-electron chi connectivity index (χ0n) is 7.64. The molecule has 2 heteroatoms. The van der Waals surface area contributed by atoms with Crippen LogP contribution in [0.25, 0.3) is 0 Å². The van der Waals surface area contributed by atoms with Crippen LogP contribution in [-0.2, 0) is 9.84 Å². The molecule has 0 saturated carbocycles. The predicted octanol–water partition coefficient (Wildman–Crippen LogP) is 2.75. The molecule has 0 fully saturated rings. The molecule has 11 heavy (non-hydrogen) atoms. The van der Waals surface area contributed by atoms with E-state index in [1.165, 1.54) is 32.6 Å². The SMILES string of the molecule is CCCCCCCOC(C)[O]. The molecule has 0 bridgehead atoms. The minimum absolute atomic E-state index is 0.633. The van der Waals surface area contributed by atoms with Crippen molar-refractivity contribution in [3.8, 4) is 0 Å². The van der Waals surface area contributed by atoms with Gasteiger partial charge in [-0.1, -0.05) is 32.6 Å². The summed E-state index contributed by atoms with van der Waals surface area (Å²) in [4.78, 5) is 0. The van der Waals surface area contributed by atoms with E-state index in [0.717, 1.165) is 6.42 Å². The molecule has 0 rings (SSSR count). The van der Waals surface area contributed by atoms with Gasteiger partial charge < -0.3 is 4.74 Å². The zero-order valence-corrected chi connectivity index (χ0v) is 7.64. The summed E-state index contributed by atoms with van der Waals surface area (Å²) in [6.07, 6.45) is 5.22. The third kappa shape index (κ3) is 9.92. The lowest BCUT2D eigenvalue weighted by atomic mass is 10.2. The molecule has 0 aliphatic rings. The maximum absolute atomic E-state index is 10.4. The van der Waals surface area contributed by atoms with Gasteiger partial charge in [-0.2, -0.15) is 0 Å². The van der Waals surface area contributed by atoms with Gasteiger partial charge in [-0.05, 0) is 13.3 Å². The maximum Gasteiger partial charge on any atom is 0.188 e. The van der Waals surface area contributed by atoms with Gasteiger partial charge >= 0.3 is 0 Å². The smallest absolute Gasteiger partial charge is 0.188 e. The highest BCUT2D eigenvalue weighted by Gasteiger charge is 1.95. The molecular weight excluding hydrogens is 140 g/mol. The summed E-state index contributed by atoms with van der Waals surface area (Å²) < 4.78 is 4.87. The van der Waals surface area contributed by atoms with Crippen molar-refractivity contribution in [2.45, 2.75) is 52.2 Å². The van der Waals surface area contributed by atoms with Crippen molar-refractivity contribution in [2.24, 2.45) is 0 Å². The first-order chi connectivity index (χ1) is 5.27. The van der Waals surface area contributed by atoms with Crippen molar-refractivity contribution in [3.63, 3.8) is 0 Å². The third-order valence-corrected chi connectivity index (χ3v) is 1.60. The molecule has 67 valence electrons. The van der Waals surface area contributed by atoms with Crippen molar-refractivity contribution in [1.82, 2.24) is 0 Å². The maximum atomic E-state index is 10.4. The van der Waals surface area contributed by atoms with E-state index in [0.29, 0.717) is 6.61 Å². The Morgan fingerprint density at radius 2 is 1.82 bits per heavy atom. The number of unbranched alkanes of at least 4 members (excludes halogenated alkanes) is 4. The van der Waals surface area contributed by atoms with E-state index in [1.54, 1.807) is 0 Å². The molecule has 0 amide bonds. The van der Waals surface area contributed by atoms with Crippen molar-refractivity contribution < 1.29 is 9.84 Å². The summed E-state index contributed by atoms with van der Waals surface area (Å²) >= 11 is 0. The normalized spacial score (nSPS) is 13.4. The predicted molar refractivity (Wildman–Crippen MR) is 44.9 cm³/mol. The van der Waals surface area contributed by atoms with Crippen LogP contribution >= 0.6 is 0 Å².